The van der Waals surface area contributed by atoms with E-state index in [1.165, 1.54) is 0 Å². The molecule has 0 fully saturated rings. The van der Waals surface area contributed by atoms with Crippen LogP contribution in [0.1, 0.15) is 49.8 Å². The van der Waals surface area contributed by atoms with Gasteiger partial charge in [0.25, 0.3) is 0 Å². The Hall–Kier alpha value is -4.33. The van der Waals surface area contributed by atoms with Gasteiger partial charge in [-0.1, -0.05) is 60.7 Å². The van der Waals surface area contributed by atoms with E-state index in [0.29, 0.717) is 12.1 Å². The van der Waals surface area contributed by atoms with Crippen molar-refractivity contribution in [3.05, 3.63) is 89.5 Å². The molecule has 4 rings (SSSR count). The number of aliphatic carboxylic acids is 1. The number of ether oxygens (including phenoxy) is 2. The number of alkyl carbamates (subject to hydrolysis) is 1. The maximum atomic E-state index is 12.5. The highest BCUT2D eigenvalue weighted by atomic mass is 16.6. The summed E-state index contributed by atoms with van der Waals surface area (Å²) in [6.07, 6.45) is -0.731. The van der Waals surface area contributed by atoms with Crippen LogP contribution in [0.25, 0.3) is 11.1 Å². The fraction of sp³-hybridized carbons (Fsp3) is 0.300. The summed E-state index contributed by atoms with van der Waals surface area (Å²) in [5.41, 5.74) is 5.23. The summed E-state index contributed by atoms with van der Waals surface area (Å²) in [6, 6.07) is 21.9. The standard InChI is InChI=1S/C30H32N2O6/c1-30(2,3)38-29(36)31-20-15-12-19(13-16-20)14-17-26(27(33)34)32-28(35)37-18-25-23-10-6-4-8-21(23)22-9-5-7-11-24(22)25/h4-13,15-16,25-26H,14,17-18H2,1-3H3,(H,31,36)(H,32,35)(H,33,34)/t26-/m0/s1. The van der Waals surface area contributed by atoms with Gasteiger partial charge in [-0.05, 0) is 73.6 Å². The maximum Gasteiger partial charge on any atom is 0.412 e. The van der Waals surface area contributed by atoms with Gasteiger partial charge in [0.15, 0.2) is 0 Å². The first-order valence-corrected chi connectivity index (χ1v) is 12.5. The predicted molar refractivity (Wildman–Crippen MR) is 144 cm³/mol. The van der Waals surface area contributed by atoms with E-state index in [0.717, 1.165) is 27.8 Å². The second kappa shape index (κ2) is 11.4. The van der Waals surface area contributed by atoms with Gasteiger partial charge in [0.1, 0.15) is 18.2 Å². The molecule has 0 aliphatic heterocycles. The van der Waals surface area contributed by atoms with Gasteiger partial charge in [-0.25, -0.2) is 14.4 Å². The van der Waals surface area contributed by atoms with Gasteiger partial charge < -0.3 is 19.9 Å². The Morgan fingerprint density at radius 3 is 2.00 bits per heavy atom. The highest BCUT2D eigenvalue weighted by molar-refractivity contribution is 5.85. The van der Waals surface area contributed by atoms with Crippen molar-refractivity contribution in [1.29, 1.82) is 0 Å². The van der Waals surface area contributed by atoms with E-state index in [4.69, 9.17) is 9.47 Å². The van der Waals surface area contributed by atoms with Crippen molar-refractivity contribution in [2.75, 3.05) is 11.9 Å². The van der Waals surface area contributed by atoms with Crippen LogP contribution < -0.4 is 10.6 Å². The zero-order valence-electron chi connectivity index (χ0n) is 21.7. The van der Waals surface area contributed by atoms with E-state index in [1.807, 2.05) is 36.4 Å². The van der Waals surface area contributed by atoms with Crippen molar-refractivity contribution in [2.45, 2.75) is 51.2 Å². The fourth-order valence-corrected chi connectivity index (χ4v) is 4.53. The highest BCUT2D eigenvalue weighted by Crippen LogP contribution is 2.44. The SMILES string of the molecule is CC(C)(C)OC(=O)Nc1ccc(CC[C@H](NC(=O)OCC2c3ccccc3-c3ccccc32)C(=O)O)cc1. The third-order valence-electron chi connectivity index (χ3n) is 6.25. The van der Waals surface area contributed by atoms with Gasteiger partial charge >= 0.3 is 18.2 Å². The Balaban J connectivity index is 1.30. The summed E-state index contributed by atoms with van der Waals surface area (Å²) in [6.45, 7) is 5.46. The van der Waals surface area contributed by atoms with Gasteiger partial charge in [0.2, 0.25) is 0 Å². The molecule has 8 nitrogen and oxygen atoms in total. The lowest BCUT2D eigenvalue weighted by atomic mass is 9.98. The van der Waals surface area contributed by atoms with Crippen LogP contribution in [0.3, 0.4) is 0 Å². The summed E-state index contributed by atoms with van der Waals surface area (Å²) < 4.78 is 10.7. The Labute approximate surface area is 222 Å². The van der Waals surface area contributed by atoms with Crippen LogP contribution in [0.5, 0.6) is 0 Å². The summed E-state index contributed by atoms with van der Waals surface area (Å²) in [5, 5.41) is 14.8. The number of fused-ring (bicyclic) bond motifs is 3. The molecule has 38 heavy (non-hydrogen) atoms. The largest absolute Gasteiger partial charge is 0.480 e. The molecule has 3 aromatic rings. The number of carboxylic acids is 1. The average Bonchev–Trinajstić information content (AvgIpc) is 3.18. The number of rotatable bonds is 8. The van der Waals surface area contributed by atoms with Crippen molar-refractivity contribution in [1.82, 2.24) is 5.32 Å². The smallest absolute Gasteiger partial charge is 0.412 e. The maximum absolute atomic E-state index is 12.5. The van der Waals surface area contributed by atoms with E-state index < -0.39 is 29.8 Å². The number of hydrogen-bond donors (Lipinski definition) is 3. The molecule has 0 unspecified atom stereocenters. The normalized spacial score (nSPS) is 13.1. The molecule has 3 N–H and O–H groups in total. The Morgan fingerprint density at radius 2 is 1.45 bits per heavy atom. The first kappa shape index (κ1) is 26.7. The molecule has 8 heteroatoms. The van der Waals surface area contributed by atoms with E-state index in [9.17, 15) is 19.5 Å². The van der Waals surface area contributed by atoms with Gasteiger partial charge in [0.05, 0.1) is 0 Å². The minimum atomic E-state index is -1.14. The first-order chi connectivity index (χ1) is 18.1. The third kappa shape index (κ3) is 6.70. The van der Waals surface area contributed by atoms with Gasteiger partial charge in [-0.3, -0.25) is 5.32 Å². The fourth-order valence-electron chi connectivity index (χ4n) is 4.53. The molecular formula is C30H32N2O6. The molecule has 0 saturated carbocycles. The zero-order valence-corrected chi connectivity index (χ0v) is 21.7. The number of amides is 2. The molecule has 0 bridgehead atoms. The quantitative estimate of drug-likeness (QED) is 0.341. The highest BCUT2D eigenvalue weighted by Gasteiger charge is 2.29. The molecule has 3 aromatic carbocycles. The average molecular weight is 517 g/mol. The minimum absolute atomic E-state index is 0.107. The lowest BCUT2D eigenvalue weighted by Crippen LogP contribution is -2.41. The second-order valence-corrected chi connectivity index (χ2v) is 10.2. The van der Waals surface area contributed by atoms with E-state index in [2.05, 4.69) is 22.8 Å². The number of hydrogen-bond acceptors (Lipinski definition) is 5. The number of nitrogens with one attached hydrogen (secondary N) is 2. The van der Waals surface area contributed by atoms with Crippen molar-refractivity contribution in [3.8, 4) is 11.1 Å². The van der Waals surface area contributed by atoms with Crippen LogP contribution in [-0.2, 0) is 20.7 Å². The van der Waals surface area contributed by atoms with Crippen molar-refractivity contribution in [2.24, 2.45) is 0 Å². The second-order valence-electron chi connectivity index (χ2n) is 10.2. The zero-order chi connectivity index (χ0) is 27.3. The van der Waals surface area contributed by atoms with Gasteiger partial charge in [-0.2, -0.15) is 0 Å². The van der Waals surface area contributed by atoms with Gasteiger partial charge in [0, 0.05) is 11.6 Å². The van der Waals surface area contributed by atoms with Gasteiger partial charge in [-0.15, -0.1) is 0 Å². The summed E-state index contributed by atoms with van der Waals surface area (Å²) >= 11 is 0. The molecule has 1 aliphatic carbocycles. The Morgan fingerprint density at radius 1 is 0.868 bits per heavy atom. The molecule has 198 valence electrons. The molecular weight excluding hydrogens is 484 g/mol. The monoisotopic (exact) mass is 516 g/mol. The number of carbonyl (C=O) groups excluding carboxylic acids is 2. The van der Waals surface area contributed by atoms with Crippen LogP contribution in [0.2, 0.25) is 0 Å². The molecule has 0 heterocycles. The van der Waals surface area contributed by atoms with Crippen LogP contribution in [0.4, 0.5) is 15.3 Å². The number of carbonyl (C=O) groups is 3. The molecule has 1 aliphatic rings. The topological polar surface area (TPSA) is 114 Å². The summed E-state index contributed by atoms with van der Waals surface area (Å²) in [5.74, 6) is -1.24. The van der Waals surface area contributed by atoms with E-state index in [1.54, 1.807) is 45.0 Å². The lowest BCUT2D eigenvalue weighted by Gasteiger charge is -2.19. The van der Waals surface area contributed by atoms with Crippen molar-refractivity contribution < 1.29 is 29.0 Å². The molecule has 0 aromatic heterocycles. The number of aryl methyl sites for hydroxylation is 1. The molecule has 0 spiro atoms. The molecule has 0 saturated heterocycles. The van der Waals surface area contributed by atoms with E-state index in [-0.39, 0.29) is 18.9 Å². The number of benzene rings is 3. The Bertz CT molecular complexity index is 1270. The van der Waals surface area contributed by atoms with Crippen LogP contribution in [-0.4, -0.2) is 41.5 Å². The van der Waals surface area contributed by atoms with Crippen LogP contribution in [0.15, 0.2) is 72.8 Å². The number of anilines is 1. The first-order valence-electron chi connectivity index (χ1n) is 12.5. The molecule has 1 atom stereocenters. The van der Waals surface area contributed by atoms with Crippen molar-refractivity contribution >= 4 is 23.8 Å². The number of carboxylic acid groups (broad SMARTS) is 1. The third-order valence-corrected chi connectivity index (χ3v) is 6.25. The van der Waals surface area contributed by atoms with E-state index >= 15 is 0 Å². The minimum Gasteiger partial charge on any atom is -0.480 e. The van der Waals surface area contributed by atoms with Crippen LogP contribution in [0, 0.1) is 0 Å². The summed E-state index contributed by atoms with van der Waals surface area (Å²) in [7, 11) is 0. The lowest BCUT2D eigenvalue weighted by molar-refractivity contribution is -0.139. The Kier molecular flexibility index (Phi) is 8.00. The predicted octanol–water partition coefficient (Wildman–Crippen LogP) is 5.96. The van der Waals surface area contributed by atoms with Crippen molar-refractivity contribution in [3.63, 3.8) is 0 Å². The molecule has 0 radical (unpaired) electrons. The van der Waals surface area contributed by atoms with Crippen LogP contribution >= 0.6 is 0 Å². The molecule has 2 amide bonds. The summed E-state index contributed by atoms with van der Waals surface area (Å²) in [4.78, 5) is 36.3.